The van der Waals surface area contributed by atoms with Gasteiger partial charge in [-0.1, -0.05) is 42.3 Å². The quantitative estimate of drug-likeness (QED) is 0.667. The Kier molecular flexibility index (Phi) is 4.52. The molecule has 1 amide bonds. The number of benzene rings is 2. The third kappa shape index (κ3) is 3.46. The van der Waals surface area contributed by atoms with Gasteiger partial charge in [0.25, 0.3) is 0 Å². The lowest BCUT2D eigenvalue weighted by Crippen LogP contribution is -2.23. The molecule has 2 aromatic carbocycles. The molecule has 1 N–H and O–H groups in total. The number of terminal acetylenes is 1. The summed E-state index contributed by atoms with van der Waals surface area (Å²) in [5.74, 6) is 2.09. The molecule has 0 aliphatic heterocycles. The normalized spacial score (nSPS) is 9.95. The summed E-state index contributed by atoms with van der Waals surface area (Å²) in [5, 5.41) is 4.66. The van der Waals surface area contributed by atoms with Gasteiger partial charge in [0.05, 0.1) is 6.54 Å². The van der Waals surface area contributed by atoms with Crippen LogP contribution in [-0.4, -0.2) is 18.2 Å². The standard InChI is InChI=1S/C17H15NO2/c1-2-11-18-17(20)10-9-16(19)15-8-7-13-5-3-4-6-14(13)12-15/h1,3-8,12H,9-11H2,(H,18,20). The number of fused-ring (bicyclic) bond motifs is 1. The van der Waals surface area contributed by atoms with Gasteiger partial charge in [-0.15, -0.1) is 6.42 Å². The summed E-state index contributed by atoms with van der Waals surface area (Å²) >= 11 is 0. The molecule has 0 saturated heterocycles. The first-order chi connectivity index (χ1) is 9.70. The molecule has 0 fully saturated rings. The maximum atomic E-state index is 12.0. The van der Waals surface area contributed by atoms with Gasteiger partial charge in [-0.2, -0.15) is 0 Å². The van der Waals surface area contributed by atoms with Crippen LogP contribution in [0.15, 0.2) is 42.5 Å². The van der Waals surface area contributed by atoms with Gasteiger partial charge in [-0.25, -0.2) is 0 Å². The van der Waals surface area contributed by atoms with Crippen molar-refractivity contribution in [3.63, 3.8) is 0 Å². The highest BCUT2D eigenvalue weighted by Gasteiger charge is 2.09. The molecule has 0 heterocycles. The summed E-state index contributed by atoms with van der Waals surface area (Å²) in [6, 6.07) is 13.4. The minimum absolute atomic E-state index is 0.0355. The smallest absolute Gasteiger partial charge is 0.221 e. The summed E-state index contributed by atoms with van der Waals surface area (Å²) < 4.78 is 0. The average molecular weight is 265 g/mol. The SMILES string of the molecule is C#CCNC(=O)CCC(=O)c1ccc2ccccc2c1. The molecule has 100 valence electrons. The topological polar surface area (TPSA) is 46.2 Å². The van der Waals surface area contributed by atoms with Crippen LogP contribution in [0.2, 0.25) is 0 Å². The Balaban J connectivity index is 2.01. The van der Waals surface area contributed by atoms with E-state index in [1.807, 2.05) is 36.4 Å². The van der Waals surface area contributed by atoms with E-state index in [0.717, 1.165) is 10.8 Å². The summed E-state index contributed by atoms with van der Waals surface area (Å²) in [6.07, 6.45) is 5.39. The van der Waals surface area contributed by atoms with Gasteiger partial charge >= 0.3 is 0 Å². The van der Waals surface area contributed by atoms with Gasteiger partial charge in [0.1, 0.15) is 0 Å². The third-order valence-electron chi connectivity index (χ3n) is 3.04. The predicted molar refractivity (Wildman–Crippen MR) is 79.4 cm³/mol. The van der Waals surface area contributed by atoms with Crippen LogP contribution in [0, 0.1) is 12.3 Å². The second-order valence-electron chi connectivity index (χ2n) is 4.47. The van der Waals surface area contributed by atoms with Crippen LogP contribution in [0.5, 0.6) is 0 Å². The Bertz CT molecular complexity index is 683. The van der Waals surface area contributed by atoms with E-state index >= 15 is 0 Å². The Labute approximate surface area is 118 Å². The Morgan fingerprint density at radius 2 is 1.80 bits per heavy atom. The van der Waals surface area contributed by atoms with Crippen molar-refractivity contribution in [2.45, 2.75) is 12.8 Å². The zero-order valence-corrected chi connectivity index (χ0v) is 11.1. The highest BCUT2D eigenvalue weighted by molar-refractivity contribution is 6.01. The van der Waals surface area contributed by atoms with Crippen molar-refractivity contribution in [2.75, 3.05) is 6.54 Å². The lowest BCUT2D eigenvalue weighted by atomic mass is 10.0. The zero-order chi connectivity index (χ0) is 14.4. The van der Waals surface area contributed by atoms with Gasteiger partial charge in [0.2, 0.25) is 5.91 Å². The molecule has 0 atom stereocenters. The third-order valence-corrected chi connectivity index (χ3v) is 3.04. The summed E-state index contributed by atoms with van der Waals surface area (Å²) in [7, 11) is 0. The molecule has 0 saturated carbocycles. The number of nitrogens with one attached hydrogen (secondary N) is 1. The highest BCUT2D eigenvalue weighted by Crippen LogP contribution is 2.17. The average Bonchev–Trinajstić information content (AvgIpc) is 2.50. The molecule has 0 aliphatic rings. The number of rotatable bonds is 5. The number of Topliss-reactive ketones (excluding diaryl/α,β-unsaturated/α-hetero) is 1. The Morgan fingerprint density at radius 3 is 2.55 bits per heavy atom. The minimum Gasteiger partial charge on any atom is -0.345 e. The number of hydrogen-bond acceptors (Lipinski definition) is 2. The van der Waals surface area contributed by atoms with Gasteiger partial charge < -0.3 is 5.32 Å². The zero-order valence-electron chi connectivity index (χ0n) is 11.1. The molecule has 3 nitrogen and oxygen atoms in total. The first-order valence-electron chi connectivity index (χ1n) is 6.43. The molecule has 0 radical (unpaired) electrons. The van der Waals surface area contributed by atoms with Crippen LogP contribution < -0.4 is 5.32 Å². The van der Waals surface area contributed by atoms with E-state index in [1.54, 1.807) is 6.07 Å². The molecule has 0 spiro atoms. The van der Waals surface area contributed by atoms with Crippen LogP contribution in [0.1, 0.15) is 23.2 Å². The van der Waals surface area contributed by atoms with Crippen molar-refractivity contribution in [1.82, 2.24) is 5.32 Å². The molecular formula is C17H15NO2. The monoisotopic (exact) mass is 265 g/mol. The van der Waals surface area contributed by atoms with E-state index in [2.05, 4.69) is 11.2 Å². The van der Waals surface area contributed by atoms with E-state index in [9.17, 15) is 9.59 Å². The lowest BCUT2D eigenvalue weighted by Gasteiger charge is -2.04. The molecule has 3 heteroatoms. The number of hydrogen-bond donors (Lipinski definition) is 1. The summed E-state index contributed by atoms with van der Waals surface area (Å²) in [5.41, 5.74) is 0.633. The molecule has 2 aromatic rings. The van der Waals surface area contributed by atoms with Gasteiger partial charge in [0, 0.05) is 18.4 Å². The summed E-state index contributed by atoms with van der Waals surface area (Å²) in [4.78, 5) is 23.4. The molecule has 0 bridgehead atoms. The Morgan fingerprint density at radius 1 is 1.05 bits per heavy atom. The molecule has 0 unspecified atom stereocenters. The molecule has 20 heavy (non-hydrogen) atoms. The van der Waals surface area contributed by atoms with E-state index in [-0.39, 0.29) is 31.1 Å². The number of carbonyl (C=O) groups is 2. The van der Waals surface area contributed by atoms with Crippen molar-refractivity contribution >= 4 is 22.5 Å². The van der Waals surface area contributed by atoms with Gasteiger partial charge in [-0.3, -0.25) is 9.59 Å². The van der Waals surface area contributed by atoms with Crippen molar-refractivity contribution in [1.29, 1.82) is 0 Å². The van der Waals surface area contributed by atoms with Crippen LogP contribution in [0.4, 0.5) is 0 Å². The van der Waals surface area contributed by atoms with Crippen LogP contribution in [0.3, 0.4) is 0 Å². The van der Waals surface area contributed by atoms with Crippen LogP contribution in [-0.2, 0) is 4.79 Å². The second-order valence-corrected chi connectivity index (χ2v) is 4.47. The largest absolute Gasteiger partial charge is 0.345 e. The molecular weight excluding hydrogens is 250 g/mol. The first kappa shape index (κ1) is 13.8. The molecule has 0 aromatic heterocycles. The van der Waals surface area contributed by atoms with Crippen molar-refractivity contribution < 1.29 is 9.59 Å². The van der Waals surface area contributed by atoms with Crippen molar-refractivity contribution in [3.05, 3.63) is 48.0 Å². The number of carbonyl (C=O) groups excluding carboxylic acids is 2. The predicted octanol–water partition coefficient (Wildman–Crippen LogP) is 2.55. The van der Waals surface area contributed by atoms with E-state index in [4.69, 9.17) is 6.42 Å². The lowest BCUT2D eigenvalue weighted by molar-refractivity contribution is -0.120. The van der Waals surface area contributed by atoms with E-state index < -0.39 is 0 Å². The van der Waals surface area contributed by atoms with Crippen molar-refractivity contribution in [2.24, 2.45) is 0 Å². The summed E-state index contributed by atoms with van der Waals surface area (Å²) in [6.45, 7) is 0.197. The Hall–Kier alpha value is -2.60. The molecule has 2 rings (SSSR count). The fourth-order valence-electron chi connectivity index (χ4n) is 1.97. The maximum absolute atomic E-state index is 12.0. The highest BCUT2D eigenvalue weighted by atomic mass is 16.2. The van der Waals surface area contributed by atoms with Gasteiger partial charge in [-0.05, 0) is 16.8 Å². The number of ketones is 1. The fourth-order valence-corrected chi connectivity index (χ4v) is 1.97. The van der Waals surface area contributed by atoms with E-state index in [0.29, 0.717) is 5.56 Å². The number of amides is 1. The molecule has 0 aliphatic carbocycles. The van der Waals surface area contributed by atoms with Crippen molar-refractivity contribution in [3.8, 4) is 12.3 Å². The second kappa shape index (κ2) is 6.53. The fraction of sp³-hybridized carbons (Fsp3) is 0.176. The van der Waals surface area contributed by atoms with E-state index in [1.165, 1.54) is 0 Å². The van der Waals surface area contributed by atoms with Crippen LogP contribution >= 0.6 is 0 Å². The minimum atomic E-state index is -0.197. The first-order valence-corrected chi connectivity index (χ1v) is 6.43. The maximum Gasteiger partial charge on any atom is 0.221 e. The van der Waals surface area contributed by atoms with Crippen LogP contribution in [0.25, 0.3) is 10.8 Å². The van der Waals surface area contributed by atoms with Gasteiger partial charge in [0.15, 0.2) is 5.78 Å².